The molecule has 212 valence electrons. The van der Waals surface area contributed by atoms with Crippen LogP contribution in [0.5, 0.6) is 5.75 Å². The molecule has 1 aromatic rings. The van der Waals surface area contributed by atoms with Crippen LogP contribution in [0.4, 0.5) is 0 Å². The standard InChI is InChI=1S/C28H41NO8S/c1-26(2,3)37-25(33)22(16-19-9-11-21(12-10-19)36-15-7-6-8-24(31)32)29-38(34,35)18-28-14-13-20(17-23(28)30)27(28,4)5/h9-12,20,22,29H,6-8,13-18H2,1-5H3,(H,31,32)/t20?,22-,28+/m0/s1. The van der Waals surface area contributed by atoms with Gasteiger partial charge in [0.2, 0.25) is 10.0 Å². The van der Waals surface area contributed by atoms with E-state index in [0.29, 0.717) is 43.6 Å². The van der Waals surface area contributed by atoms with Gasteiger partial charge in [-0.1, -0.05) is 26.0 Å². The van der Waals surface area contributed by atoms with E-state index >= 15 is 0 Å². The minimum atomic E-state index is -4.00. The van der Waals surface area contributed by atoms with Gasteiger partial charge in [-0.15, -0.1) is 0 Å². The second kappa shape index (κ2) is 11.3. The summed E-state index contributed by atoms with van der Waals surface area (Å²) in [5, 5.41) is 8.71. The highest BCUT2D eigenvalue weighted by atomic mass is 32.2. The van der Waals surface area contributed by atoms with Crippen LogP contribution in [-0.2, 0) is 35.6 Å². The van der Waals surface area contributed by atoms with Crippen LogP contribution in [0.25, 0.3) is 0 Å². The quantitative estimate of drug-likeness (QED) is 0.278. The maximum atomic E-state index is 13.4. The number of carbonyl (C=O) groups is 3. The molecule has 9 nitrogen and oxygen atoms in total. The molecule has 0 amide bonds. The number of ketones is 1. The third kappa shape index (κ3) is 7.14. The van der Waals surface area contributed by atoms with Crippen LogP contribution in [0.2, 0.25) is 0 Å². The van der Waals surface area contributed by atoms with Gasteiger partial charge in [-0.05, 0) is 81.9 Å². The fourth-order valence-electron chi connectivity index (χ4n) is 5.76. The van der Waals surface area contributed by atoms with Gasteiger partial charge in [0.15, 0.2) is 0 Å². The lowest BCUT2D eigenvalue weighted by molar-refractivity contribution is -0.157. The molecule has 0 spiro atoms. The molecule has 2 aliphatic carbocycles. The topological polar surface area (TPSA) is 136 Å². The Balaban J connectivity index is 1.70. The molecule has 0 aliphatic heterocycles. The monoisotopic (exact) mass is 551 g/mol. The van der Waals surface area contributed by atoms with Gasteiger partial charge in [0.05, 0.1) is 12.4 Å². The summed E-state index contributed by atoms with van der Waals surface area (Å²) in [4.78, 5) is 36.6. The van der Waals surface area contributed by atoms with Gasteiger partial charge in [-0.2, -0.15) is 0 Å². The van der Waals surface area contributed by atoms with Crippen LogP contribution < -0.4 is 9.46 Å². The van der Waals surface area contributed by atoms with E-state index in [4.69, 9.17) is 14.6 Å². The van der Waals surface area contributed by atoms with Crippen LogP contribution in [0.15, 0.2) is 24.3 Å². The molecule has 2 bridgehead atoms. The number of esters is 1. The van der Waals surface area contributed by atoms with Crippen molar-refractivity contribution in [2.75, 3.05) is 12.4 Å². The van der Waals surface area contributed by atoms with Crippen LogP contribution in [0.1, 0.15) is 78.7 Å². The van der Waals surface area contributed by atoms with Crippen molar-refractivity contribution in [3.05, 3.63) is 29.8 Å². The Bertz CT molecular complexity index is 1140. The molecule has 10 heteroatoms. The number of benzene rings is 1. The Hall–Kier alpha value is -2.46. The molecular weight excluding hydrogens is 510 g/mol. The highest BCUT2D eigenvalue weighted by Gasteiger charge is 2.65. The summed E-state index contributed by atoms with van der Waals surface area (Å²) in [6.45, 7) is 9.49. The number of carboxylic acid groups (broad SMARTS) is 1. The number of sulfonamides is 1. The molecule has 0 heterocycles. The zero-order chi connectivity index (χ0) is 28.4. The largest absolute Gasteiger partial charge is 0.494 e. The van der Waals surface area contributed by atoms with Crippen LogP contribution in [0, 0.1) is 16.7 Å². The van der Waals surface area contributed by atoms with Crippen LogP contribution in [0.3, 0.4) is 0 Å². The molecular formula is C28H41NO8S. The molecule has 0 saturated heterocycles. The number of hydrogen-bond donors (Lipinski definition) is 2. The first-order chi connectivity index (χ1) is 17.5. The molecule has 2 aliphatic rings. The first-order valence-electron chi connectivity index (χ1n) is 13.2. The van der Waals surface area contributed by atoms with Crippen LogP contribution >= 0.6 is 0 Å². The van der Waals surface area contributed by atoms with Crippen molar-refractivity contribution in [3.8, 4) is 5.75 Å². The SMILES string of the molecule is CC(C)(C)OC(=O)[C@H](Cc1ccc(OCCCCC(=O)O)cc1)NS(=O)(=O)C[C@]12CCC(CC1=O)C2(C)C. The molecule has 0 aromatic heterocycles. The Morgan fingerprint density at radius 2 is 1.82 bits per heavy atom. The molecule has 3 atom stereocenters. The number of aliphatic carboxylic acids is 1. The Labute approximate surface area is 225 Å². The van der Waals surface area contributed by atoms with Crippen molar-refractivity contribution in [2.24, 2.45) is 16.7 Å². The van der Waals surface area contributed by atoms with Crippen molar-refractivity contribution in [2.45, 2.75) is 91.2 Å². The average Bonchev–Trinajstić information content (AvgIpc) is 3.12. The second-order valence-electron chi connectivity index (χ2n) is 12.2. The van der Waals surface area contributed by atoms with Crippen molar-refractivity contribution >= 4 is 27.7 Å². The van der Waals surface area contributed by atoms with Gasteiger partial charge in [0, 0.05) is 18.3 Å². The first kappa shape index (κ1) is 30.1. The Morgan fingerprint density at radius 3 is 2.34 bits per heavy atom. The molecule has 2 saturated carbocycles. The summed E-state index contributed by atoms with van der Waals surface area (Å²) in [5.74, 6) is -1.08. The van der Waals surface area contributed by atoms with E-state index in [0.717, 1.165) is 6.42 Å². The smallest absolute Gasteiger partial charge is 0.325 e. The second-order valence-corrected chi connectivity index (χ2v) is 13.9. The van der Waals surface area contributed by atoms with E-state index in [-0.39, 0.29) is 30.3 Å². The van der Waals surface area contributed by atoms with E-state index < -0.39 is 44.4 Å². The van der Waals surface area contributed by atoms with Crippen molar-refractivity contribution in [1.82, 2.24) is 4.72 Å². The van der Waals surface area contributed by atoms with E-state index in [9.17, 15) is 22.8 Å². The van der Waals surface area contributed by atoms with Crippen molar-refractivity contribution in [3.63, 3.8) is 0 Å². The van der Waals surface area contributed by atoms with Crippen molar-refractivity contribution < 1.29 is 37.4 Å². The fraction of sp³-hybridized carbons (Fsp3) is 0.679. The minimum Gasteiger partial charge on any atom is -0.494 e. The number of unbranched alkanes of at least 4 members (excludes halogenated alkanes) is 1. The number of Topliss-reactive ketones (excluding diaryl/α,β-unsaturated/α-hetero) is 1. The van der Waals surface area contributed by atoms with E-state index in [1.807, 2.05) is 13.8 Å². The summed E-state index contributed by atoms with van der Waals surface area (Å²) < 4.78 is 40.6. The zero-order valence-electron chi connectivity index (χ0n) is 23.0. The van der Waals surface area contributed by atoms with Crippen molar-refractivity contribution in [1.29, 1.82) is 0 Å². The molecule has 1 aromatic carbocycles. The fourth-order valence-corrected chi connectivity index (χ4v) is 7.79. The van der Waals surface area contributed by atoms with E-state index in [1.54, 1.807) is 45.0 Å². The predicted molar refractivity (Wildman–Crippen MR) is 142 cm³/mol. The summed E-state index contributed by atoms with van der Waals surface area (Å²) in [6, 6.07) is 5.80. The lowest BCUT2D eigenvalue weighted by Crippen LogP contribution is -2.50. The summed E-state index contributed by atoms with van der Waals surface area (Å²) in [5.41, 5.74) is -1.45. The average molecular weight is 552 g/mol. The number of hydrogen-bond acceptors (Lipinski definition) is 7. The number of ether oxygens (including phenoxy) is 2. The lowest BCUT2D eigenvalue weighted by Gasteiger charge is -2.36. The minimum absolute atomic E-state index is 0.00325. The Morgan fingerprint density at radius 1 is 1.16 bits per heavy atom. The molecule has 1 unspecified atom stereocenters. The van der Waals surface area contributed by atoms with Crippen LogP contribution in [-0.4, -0.2) is 55.2 Å². The summed E-state index contributed by atoms with van der Waals surface area (Å²) in [6.07, 6.45) is 3.08. The maximum absolute atomic E-state index is 13.4. The molecule has 2 N–H and O–H groups in total. The molecule has 2 fully saturated rings. The number of carbonyl (C=O) groups excluding carboxylic acids is 2. The first-order valence-corrected chi connectivity index (χ1v) is 14.9. The summed E-state index contributed by atoms with van der Waals surface area (Å²) in [7, 11) is -4.00. The summed E-state index contributed by atoms with van der Waals surface area (Å²) >= 11 is 0. The predicted octanol–water partition coefficient (Wildman–Crippen LogP) is 3.89. The highest BCUT2D eigenvalue weighted by Crippen LogP contribution is 2.64. The number of fused-ring (bicyclic) bond motifs is 2. The third-order valence-electron chi connectivity index (χ3n) is 8.01. The van der Waals surface area contributed by atoms with Gasteiger partial charge in [-0.25, -0.2) is 13.1 Å². The van der Waals surface area contributed by atoms with Gasteiger partial charge in [-0.3, -0.25) is 14.4 Å². The lowest BCUT2D eigenvalue weighted by atomic mass is 9.70. The third-order valence-corrected chi connectivity index (χ3v) is 9.52. The maximum Gasteiger partial charge on any atom is 0.325 e. The zero-order valence-corrected chi connectivity index (χ0v) is 23.9. The Kier molecular flexibility index (Phi) is 8.98. The number of nitrogens with one attached hydrogen (secondary N) is 1. The van der Waals surface area contributed by atoms with Gasteiger partial charge in [0.25, 0.3) is 0 Å². The van der Waals surface area contributed by atoms with E-state index in [1.165, 1.54) is 0 Å². The van der Waals surface area contributed by atoms with Gasteiger partial charge in [0.1, 0.15) is 23.2 Å². The van der Waals surface area contributed by atoms with Gasteiger partial charge < -0.3 is 14.6 Å². The molecule has 3 rings (SSSR count). The molecule has 38 heavy (non-hydrogen) atoms. The normalized spacial score (nSPS) is 23.3. The van der Waals surface area contributed by atoms with E-state index in [2.05, 4.69) is 4.72 Å². The molecule has 0 radical (unpaired) electrons. The number of rotatable bonds is 13. The van der Waals surface area contributed by atoms with Gasteiger partial charge >= 0.3 is 11.9 Å². The highest BCUT2D eigenvalue weighted by molar-refractivity contribution is 7.89. The number of carboxylic acids is 1.